The van der Waals surface area contributed by atoms with E-state index < -0.39 is 0 Å². The maximum atomic E-state index is 12.6. The first-order valence-corrected chi connectivity index (χ1v) is 8.55. The van der Waals surface area contributed by atoms with Gasteiger partial charge in [0, 0.05) is 24.0 Å². The van der Waals surface area contributed by atoms with Crippen molar-refractivity contribution in [1.29, 1.82) is 5.26 Å². The minimum Gasteiger partial charge on any atom is -0.497 e. The average molecular weight is 345 g/mol. The van der Waals surface area contributed by atoms with Crippen LogP contribution in [0.25, 0.3) is 0 Å². The number of nitriles is 1. The second-order valence-electron chi connectivity index (χ2n) is 5.79. The minimum absolute atomic E-state index is 0.0333. The minimum atomic E-state index is -0.287. The van der Waals surface area contributed by atoms with E-state index in [1.807, 2.05) is 19.2 Å². The number of allylic oxidation sites excluding steroid dienone is 1. The third-order valence-corrected chi connectivity index (χ3v) is 5.53. The number of hydrogen-bond acceptors (Lipinski definition) is 6. The molecule has 0 radical (unpaired) electrons. The fraction of sp³-hybridized carbons (Fsp3) is 0.412. The highest BCUT2D eigenvalue weighted by atomic mass is 32.2. The van der Waals surface area contributed by atoms with Gasteiger partial charge in [0.2, 0.25) is 5.91 Å². The van der Waals surface area contributed by atoms with Gasteiger partial charge in [-0.3, -0.25) is 14.6 Å². The van der Waals surface area contributed by atoms with Crippen LogP contribution in [0.4, 0.5) is 0 Å². The van der Waals surface area contributed by atoms with Gasteiger partial charge in [-0.25, -0.2) is 0 Å². The van der Waals surface area contributed by atoms with Crippen LogP contribution in [0, 0.1) is 11.3 Å². The lowest BCUT2D eigenvalue weighted by Gasteiger charge is -2.40. The molecule has 24 heavy (non-hydrogen) atoms. The monoisotopic (exact) mass is 345 g/mol. The summed E-state index contributed by atoms with van der Waals surface area (Å²) in [4.78, 5) is 16.4. The van der Waals surface area contributed by atoms with Gasteiger partial charge in [0.15, 0.2) is 0 Å². The summed E-state index contributed by atoms with van der Waals surface area (Å²) in [6, 6.07) is 7.82. The van der Waals surface area contributed by atoms with Crippen LogP contribution >= 0.6 is 11.8 Å². The molecule has 1 atom stereocenters. The Balaban J connectivity index is 2.07. The Morgan fingerprint density at radius 1 is 1.33 bits per heavy atom. The first kappa shape index (κ1) is 16.7. The maximum absolute atomic E-state index is 12.6. The van der Waals surface area contributed by atoms with E-state index in [0.29, 0.717) is 23.7 Å². The van der Waals surface area contributed by atoms with Crippen molar-refractivity contribution in [1.82, 2.24) is 9.80 Å². The number of ether oxygens (including phenoxy) is 2. The highest BCUT2D eigenvalue weighted by Gasteiger charge is 2.38. The third-order valence-electron chi connectivity index (χ3n) is 4.24. The van der Waals surface area contributed by atoms with Crippen LogP contribution in [0.1, 0.15) is 17.9 Å². The quantitative estimate of drug-likeness (QED) is 0.838. The molecule has 2 aliphatic heterocycles. The van der Waals surface area contributed by atoms with Gasteiger partial charge in [0.1, 0.15) is 11.5 Å². The van der Waals surface area contributed by atoms with E-state index >= 15 is 0 Å². The SMILES string of the molecule is COc1ccc(C2CC(=O)N3CN(C)CSC3=C2C#N)c(OC)c1. The van der Waals surface area contributed by atoms with Gasteiger partial charge in [0.25, 0.3) is 0 Å². The molecule has 0 spiro atoms. The molecule has 2 aliphatic rings. The van der Waals surface area contributed by atoms with Crippen molar-refractivity contribution < 1.29 is 14.3 Å². The number of thioether (sulfide) groups is 1. The third kappa shape index (κ3) is 2.83. The molecule has 1 amide bonds. The first-order valence-electron chi connectivity index (χ1n) is 7.57. The Morgan fingerprint density at radius 3 is 2.79 bits per heavy atom. The van der Waals surface area contributed by atoms with Crippen molar-refractivity contribution in [3.63, 3.8) is 0 Å². The number of fused-ring (bicyclic) bond motifs is 1. The first-order chi connectivity index (χ1) is 11.6. The molecule has 0 N–H and O–H groups in total. The van der Waals surface area contributed by atoms with Crippen LogP contribution in [0.5, 0.6) is 11.5 Å². The van der Waals surface area contributed by atoms with Crippen LogP contribution in [0.2, 0.25) is 0 Å². The second kappa shape index (κ2) is 6.75. The highest BCUT2D eigenvalue weighted by Crippen LogP contribution is 2.45. The Morgan fingerprint density at radius 2 is 2.12 bits per heavy atom. The zero-order valence-corrected chi connectivity index (χ0v) is 14.7. The summed E-state index contributed by atoms with van der Waals surface area (Å²) in [6.07, 6.45) is 0.267. The molecular weight excluding hydrogens is 326 g/mol. The molecule has 0 aliphatic carbocycles. The number of rotatable bonds is 3. The van der Waals surface area contributed by atoms with Gasteiger partial charge in [-0.1, -0.05) is 17.8 Å². The predicted molar refractivity (Wildman–Crippen MR) is 91.5 cm³/mol. The summed E-state index contributed by atoms with van der Waals surface area (Å²) in [5.41, 5.74) is 1.48. The molecule has 1 aromatic rings. The Labute approximate surface area is 145 Å². The topological polar surface area (TPSA) is 65.8 Å². The van der Waals surface area contributed by atoms with E-state index in [-0.39, 0.29) is 18.2 Å². The van der Waals surface area contributed by atoms with Gasteiger partial charge in [-0.2, -0.15) is 5.26 Å². The van der Waals surface area contributed by atoms with E-state index in [2.05, 4.69) is 11.0 Å². The Kier molecular flexibility index (Phi) is 4.69. The average Bonchev–Trinajstić information content (AvgIpc) is 2.61. The number of carbonyl (C=O) groups is 1. The van der Waals surface area contributed by atoms with E-state index in [4.69, 9.17) is 9.47 Å². The molecule has 0 saturated carbocycles. The Bertz CT molecular complexity index is 741. The van der Waals surface area contributed by atoms with E-state index in [1.54, 1.807) is 25.2 Å². The predicted octanol–water partition coefficient (Wildman–Crippen LogP) is 2.35. The van der Waals surface area contributed by atoms with E-state index in [1.165, 1.54) is 11.8 Å². The van der Waals surface area contributed by atoms with Crippen LogP contribution in [0.3, 0.4) is 0 Å². The lowest BCUT2D eigenvalue weighted by molar-refractivity contribution is -0.131. The molecule has 1 aromatic carbocycles. The summed E-state index contributed by atoms with van der Waals surface area (Å²) >= 11 is 1.53. The maximum Gasteiger partial charge on any atom is 0.229 e. The number of nitrogens with zero attached hydrogens (tertiary/aromatic N) is 3. The van der Waals surface area contributed by atoms with Crippen LogP contribution < -0.4 is 9.47 Å². The summed E-state index contributed by atoms with van der Waals surface area (Å²) in [6.45, 7) is 0.527. The van der Waals surface area contributed by atoms with Crippen molar-refractivity contribution in [2.24, 2.45) is 0 Å². The zero-order chi connectivity index (χ0) is 17.3. The number of benzene rings is 1. The van der Waals surface area contributed by atoms with Gasteiger partial charge < -0.3 is 9.47 Å². The molecule has 126 valence electrons. The van der Waals surface area contributed by atoms with Crippen molar-refractivity contribution in [3.05, 3.63) is 34.4 Å². The molecule has 6 nitrogen and oxygen atoms in total. The largest absolute Gasteiger partial charge is 0.497 e. The molecule has 2 heterocycles. The fourth-order valence-corrected chi connectivity index (χ4v) is 4.13. The van der Waals surface area contributed by atoms with Crippen molar-refractivity contribution >= 4 is 17.7 Å². The van der Waals surface area contributed by atoms with Crippen LogP contribution in [-0.2, 0) is 4.79 Å². The fourth-order valence-electron chi connectivity index (χ4n) is 3.04. The molecule has 1 fully saturated rings. The standard InChI is InChI=1S/C17H19N3O3S/c1-19-9-20-16(21)7-13(14(8-18)17(20)24-10-19)12-5-4-11(22-2)6-15(12)23-3/h4-6,13H,7,9-10H2,1-3H3. The summed E-state index contributed by atoms with van der Waals surface area (Å²) in [7, 11) is 5.13. The molecular formula is C17H19N3O3S. The normalized spacial score (nSPS) is 21.3. The second-order valence-corrected chi connectivity index (χ2v) is 6.72. The van der Waals surface area contributed by atoms with Gasteiger partial charge in [0.05, 0.1) is 43.4 Å². The van der Waals surface area contributed by atoms with Crippen LogP contribution in [-0.4, -0.2) is 49.5 Å². The molecule has 7 heteroatoms. The molecule has 0 aromatic heterocycles. The number of amides is 1. The summed E-state index contributed by atoms with van der Waals surface area (Å²) in [5, 5.41) is 10.5. The van der Waals surface area contributed by atoms with Gasteiger partial charge in [-0.05, 0) is 13.1 Å². The molecule has 1 saturated heterocycles. The van der Waals surface area contributed by atoms with Crippen molar-refractivity contribution in [3.8, 4) is 17.6 Å². The van der Waals surface area contributed by atoms with Gasteiger partial charge in [-0.15, -0.1) is 0 Å². The van der Waals surface area contributed by atoms with E-state index in [9.17, 15) is 10.1 Å². The lowest BCUT2D eigenvalue weighted by Crippen LogP contribution is -2.45. The van der Waals surface area contributed by atoms with E-state index in [0.717, 1.165) is 16.5 Å². The van der Waals surface area contributed by atoms with Crippen LogP contribution in [0.15, 0.2) is 28.8 Å². The number of methoxy groups -OCH3 is 2. The molecule has 0 bridgehead atoms. The lowest BCUT2D eigenvalue weighted by atomic mass is 9.86. The summed E-state index contributed by atoms with van der Waals surface area (Å²) in [5.74, 6) is 1.82. The zero-order valence-electron chi connectivity index (χ0n) is 13.9. The number of hydrogen-bond donors (Lipinski definition) is 0. The highest BCUT2D eigenvalue weighted by molar-refractivity contribution is 8.03. The summed E-state index contributed by atoms with van der Waals surface area (Å²) < 4.78 is 10.7. The number of carbonyl (C=O) groups excluding carboxylic acids is 1. The van der Waals surface area contributed by atoms with Gasteiger partial charge >= 0.3 is 0 Å². The van der Waals surface area contributed by atoms with Crippen molar-refractivity contribution in [2.75, 3.05) is 33.8 Å². The van der Waals surface area contributed by atoms with Crippen molar-refractivity contribution in [2.45, 2.75) is 12.3 Å². The molecule has 1 unspecified atom stereocenters. The smallest absolute Gasteiger partial charge is 0.229 e. The molecule has 3 rings (SSSR count). The Hall–Kier alpha value is -2.17.